The zero-order chi connectivity index (χ0) is 19.1. The van der Waals surface area contributed by atoms with Crippen molar-refractivity contribution in [2.45, 2.75) is 36.8 Å². The molecule has 0 radical (unpaired) electrons. The predicted molar refractivity (Wildman–Crippen MR) is 97.2 cm³/mol. The van der Waals surface area contributed by atoms with Crippen molar-refractivity contribution in [3.63, 3.8) is 0 Å². The molecule has 0 unspecified atom stereocenters. The smallest absolute Gasteiger partial charge is 0.261 e. The predicted octanol–water partition coefficient (Wildman–Crippen LogP) is 0.618. The Kier molecular flexibility index (Phi) is 4.43. The maximum Gasteiger partial charge on any atom is 0.261 e. The lowest BCUT2D eigenvalue weighted by molar-refractivity contribution is -0.114. The normalized spacial score (nSPS) is 30.3. The molecule has 0 bridgehead atoms. The van der Waals surface area contributed by atoms with Crippen LogP contribution in [0.4, 0.5) is 5.69 Å². The number of hydrogen-bond acceptors (Lipinski definition) is 6. The number of fused-ring (bicyclic) bond motifs is 1. The van der Waals surface area contributed by atoms with Gasteiger partial charge in [0.15, 0.2) is 0 Å². The molecule has 1 aliphatic heterocycles. The zero-order valence-corrected chi connectivity index (χ0v) is 14.4. The molecule has 2 amide bonds. The van der Waals surface area contributed by atoms with Crippen LogP contribution in [0.25, 0.3) is 0 Å². The molecule has 4 N–H and O–H groups in total. The number of para-hydroxylation sites is 1. The molecule has 1 saturated carbocycles. The summed E-state index contributed by atoms with van der Waals surface area (Å²) in [4.78, 5) is 26.5. The number of imide groups is 1. The average molecular weight is 368 g/mol. The van der Waals surface area contributed by atoms with Crippen molar-refractivity contribution < 1.29 is 24.9 Å². The number of nitrogens with one attached hydrogen (secondary N) is 1. The molecule has 0 saturated heterocycles. The monoisotopic (exact) mass is 368 g/mol. The summed E-state index contributed by atoms with van der Waals surface area (Å²) in [5.74, 6) is -0.997. The van der Waals surface area contributed by atoms with Crippen LogP contribution >= 0.6 is 0 Å². The molecular weight excluding hydrogens is 348 g/mol. The summed E-state index contributed by atoms with van der Waals surface area (Å²) < 4.78 is 0. The average Bonchev–Trinajstić information content (AvgIpc) is 2.94. The van der Waals surface area contributed by atoms with E-state index in [0.717, 1.165) is 10.6 Å². The van der Waals surface area contributed by atoms with Gasteiger partial charge in [0.05, 0.1) is 23.2 Å². The van der Waals surface area contributed by atoms with Crippen LogP contribution in [0.1, 0.15) is 27.1 Å². The van der Waals surface area contributed by atoms with Crippen LogP contribution in [0, 0.1) is 0 Å². The van der Waals surface area contributed by atoms with Crippen LogP contribution < -0.4 is 5.32 Å². The third-order valence-corrected chi connectivity index (χ3v) is 5.28. The molecule has 1 fully saturated rings. The molecule has 7 heteroatoms. The van der Waals surface area contributed by atoms with Gasteiger partial charge in [-0.2, -0.15) is 0 Å². The van der Waals surface area contributed by atoms with E-state index in [1.807, 2.05) is 18.2 Å². The number of anilines is 1. The molecule has 0 aromatic heterocycles. The SMILES string of the molecule is O=C1c2ccccc2C(=O)N1[C@H]1C[C@H](Nc2ccccc2)[C@@H](O)[C@@H](O)[C@@H]1O. The van der Waals surface area contributed by atoms with Crippen LogP contribution in [0.3, 0.4) is 0 Å². The third-order valence-electron chi connectivity index (χ3n) is 5.28. The summed E-state index contributed by atoms with van der Waals surface area (Å²) in [6.45, 7) is 0. The van der Waals surface area contributed by atoms with Crippen molar-refractivity contribution in [3.05, 3.63) is 65.7 Å². The molecule has 4 rings (SSSR count). The largest absolute Gasteiger partial charge is 0.388 e. The molecule has 2 aliphatic rings. The minimum absolute atomic E-state index is 0.111. The van der Waals surface area contributed by atoms with Crippen LogP contribution in [-0.4, -0.2) is 62.4 Å². The van der Waals surface area contributed by atoms with Gasteiger partial charge in [0.25, 0.3) is 11.8 Å². The number of hydrogen-bond donors (Lipinski definition) is 4. The van der Waals surface area contributed by atoms with Crippen molar-refractivity contribution in [1.29, 1.82) is 0 Å². The topological polar surface area (TPSA) is 110 Å². The summed E-state index contributed by atoms with van der Waals surface area (Å²) in [7, 11) is 0. The molecule has 1 heterocycles. The Bertz CT molecular complexity index is 837. The highest BCUT2D eigenvalue weighted by atomic mass is 16.4. The summed E-state index contributed by atoms with van der Waals surface area (Å²) in [5, 5.41) is 34.3. The van der Waals surface area contributed by atoms with Gasteiger partial charge in [-0.25, -0.2) is 0 Å². The second-order valence-electron chi connectivity index (χ2n) is 6.92. The van der Waals surface area contributed by atoms with Crippen molar-refractivity contribution in [2.75, 3.05) is 5.32 Å². The van der Waals surface area contributed by atoms with Gasteiger partial charge in [0, 0.05) is 5.69 Å². The molecule has 5 atom stereocenters. The number of amides is 2. The number of rotatable bonds is 3. The third kappa shape index (κ3) is 2.90. The highest BCUT2D eigenvalue weighted by molar-refractivity contribution is 6.21. The Hall–Kier alpha value is -2.74. The first kappa shape index (κ1) is 17.7. The quantitative estimate of drug-likeness (QED) is 0.591. The van der Waals surface area contributed by atoms with E-state index in [1.54, 1.807) is 36.4 Å². The number of carbonyl (C=O) groups is 2. The molecule has 140 valence electrons. The first-order chi connectivity index (χ1) is 13.0. The second kappa shape index (κ2) is 6.77. The van der Waals surface area contributed by atoms with Crippen molar-refractivity contribution in [2.24, 2.45) is 0 Å². The Labute approximate surface area is 155 Å². The lowest BCUT2D eigenvalue weighted by Gasteiger charge is -2.43. The highest BCUT2D eigenvalue weighted by Crippen LogP contribution is 2.32. The molecular formula is C20H20N2O5. The van der Waals surface area contributed by atoms with Crippen LogP contribution in [0.5, 0.6) is 0 Å². The maximum absolute atomic E-state index is 12.7. The van der Waals surface area contributed by atoms with E-state index in [1.165, 1.54) is 0 Å². The van der Waals surface area contributed by atoms with Crippen LogP contribution in [0.2, 0.25) is 0 Å². The van der Waals surface area contributed by atoms with E-state index >= 15 is 0 Å². The summed E-state index contributed by atoms with van der Waals surface area (Å²) in [6, 6.07) is 14.0. The first-order valence-corrected chi connectivity index (χ1v) is 8.81. The van der Waals surface area contributed by atoms with E-state index in [2.05, 4.69) is 5.32 Å². The molecule has 0 spiro atoms. The summed E-state index contributed by atoms with van der Waals surface area (Å²) in [6.07, 6.45) is -4.06. The Balaban J connectivity index is 1.62. The molecule has 7 nitrogen and oxygen atoms in total. The van der Waals surface area contributed by atoms with Gasteiger partial charge >= 0.3 is 0 Å². The number of benzene rings is 2. The van der Waals surface area contributed by atoms with Crippen molar-refractivity contribution >= 4 is 17.5 Å². The molecule has 2 aromatic carbocycles. The van der Waals surface area contributed by atoms with Crippen LogP contribution in [0.15, 0.2) is 54.6 Å². The maximum atomic E-state index is 12.7. The Morgan fingerprint density at radius 3 is 1.93 bits per heavy atom. The van der Waals surface area contributed by atoms with E-state index in [0.29, 0.717) is 0 Å². The first-order valence-electron chi connectivity index (χ1n) is 8.81. The van der Waals surface area contributed by atoms with Gasteiger partial charge in [0.2, 0.25) is 0 Å². The second-order valence-corrected chi connectivity index (χ2v) is 6.92. The van der Waals surface area contributed by atoms with Gasteiger partial charge < -0.3 is 20.6 Å². The fourth-order valence-electron chi connectivity index (χ4n) is 3.87. The number of aliphatic hydroxyl groups excluding tert-OH is 3. The molecule has 27 heavy (non-hydrogen) atoms. The van der Waals surface area contributed by atoms with E-state index in [-0.39, 0.29) is 17.5 Å². The Morgan fingerprint density at radius 2 is 1.33 bits per heavy atom. The number of carbonyl (C=O) groups excluding carboxylic acids is 2. The Morgan fingerprint density at radius 1 is 0.778 bits per heavy atom. The number of aliphatic hydroxyl groups is 3. The number of nitrogens with zero attached hydrogens (tertiary/aromatic N) is 1. The van der Waals surface area contributed by atoms with E-state index in [9.17, 15) is 24.9 Å². The fraction of sp³-hybridized carbons (Fsp3) is 0.300. The minimum Gasteiger partial charge on any atom is -0.388 e. The summed E-state index contributed by atoms with van der Waals surface area (Å²) in [5.41, 5.74) is 1.29. The zero-order valence-electron chi connectivity index (χ0n) is 14.4. The van der Waals surface area contributed by atoms with Crippen molar-refractivity contribution in [1.82, 2.24) is 4.90 Å². The van der Waals surface area contributed by atoms with Gasteiger partial charge in [0.1, 0.15) is 18.3 Å². The van der Waals surface area contributed by atoms with Gasteiger partial charge in [-0.1, -0.05) is 30.3 Å². The molecule has 2 aromatic rings. The van der Waals surface area contributed by atoms with E-state index in [4.69, 9.17) is 0 Å². The van der Waals surface area contributed by atoms with Gasteiger partial charge in [-0.05, 0) is 30.7 Å². The lowest BCUT2D eigenvalue weighted by Crippen LogP contribution is -2.63. The van der Waals surface area contributed by atoms with Crippen LogP contribution in [-0.2, 0) is 0 Å². The summed E-state index contributed by atoms with van der Waals surface area (Å²) >= 11 is 0. The van der Waals surface area contributed by atoms with E-state index < -0.39 is 42.2 Å². The molecule has 1 aliphatic carbocycles. The highest BCUT2D eigenvalue weighted by Gasteiger charge is 2.50. The minimum atomic E-state index is -1.49. The lowest BCUT2D eigenvalue weighted by atomic mass is 9.83. The van der Waals surface area contributed by atoms with Gasteiger partial charge in [-0.3, -0.25) is 14.5 Å². The fourth-order valence-corrected chi connectivity index (χ4v) is 3.87. The van der Waals surface area contributed by atoms with Gasteiger partial charge in [-0.15, -0.1) is 0 Å². The van der Waals surface area contributed by atoms with Crippen molar-refractivity contribution in [3.8, 4) is 0 Å². The standard InChI is InChI=1S/C20H20N2O5/c23-16-14(21-11-6-2-1-3-7-11)10-15(17(24)18(16)25)22-19(26)12-8-4-5-9-13(12)20(22)27/h1-9,14-18,21,23-25H,10H2/t14-,15-,16+,17+,18+/m0/s1.